The molecule has 0 N–H and O–H groups in total. The second kappa shape index (κ2) is 4.77. The minimum absolute atomic E-state index is 0. The van der Waals surface area contributed by atoms with Gasteiger partial charge in [0.1, 0.15) is 0 Å². The van der Waals surface area contributed by atoms with Gasteiger partial charge in [-0.15, -0.1) is 0 Å². The third-order valence-corrected chi connectivity index (χ3v) is 0. The van der Waals surface area contributed by atoms with Gasteiger partial charge in [0.2, 0.25) is 0 Å². The average Bonchev–Trinajstić information content (AvgIpc) is 0.811. The van der Waals surface area contributed by atoms with Gasteiger partial charge in [0.15, 0.2) is 0 Å². The average molecular weight is 179 g/mol. The predicted molar refractivity (Wildman–Crippen MR) is 20.0 cm³/mol. The van der Waals surface area contributed by atoms with Crippen LogP contribution in [0.1, 0.15) is 0 Å². The van der Waals surface area contributed by atoms with E-state index in [-0.39, 0.29) is 19.5 Å². The Kier molecular flexibility index (Phi) is 8.82. The molecule has 31 valence electrons. The zero-order valence-corrected chi connectivity index (χ0v) is 5.72. The number of hydrogen-bond acceptors (Lipinski definition) is 1. The molecule has 0 aromatic carbocycles. The molecular formula is C2H6ORuS+3. The maximum absolute atomic E-state index is 9.56. The maximum Gasteiger partial charge on any atom is 3.00 e. The van der Waals surface area contributed by atoms with Gasteiger partial charge in [0.25, 0.3) is 0 Å². The van der Waals surface area contributed by atoms with Gasteiger partial charge in [0, 0.05) is 23.3 Å². The fraction of sp³-hybridized carbons (Fsp3) is 1.00. The van der Waals surface area contributed by atoms with Crippen LogP contribution in [-0.2, 0) is 30.3 Å². The van der Waals surface area contributed by atoms with Gasteiger partial charge in [-0.05, 0) is 0 Å². The van der Waals surface area contributed by atoms with Crippen molar-refractivity contribution >= 4 is 10.8 Å². The summed E-state index contributed by atoms with van der Waals surface area (Å²) in [6.07, 6.45) is 3.28. The molecule has 0 saturated heterocycles. The van der Waals surface area contributed by atoms with E-state index in [1.807, 2.05) is 0 Å². The van der Waals surface area contributed by atoms with Crippen molar-refractivity contribution < 1.29 is 23.7 Å². The molecule has 0 amide bonds. The van der Waals surface area contributed by atoms with E-state index >= 15 is 0 Å². The first-order valence-corrected chi connectivity index (χ1v) is 2.95. The Morgan fingerprint density at radius 3 is 1.40 bits per heavy atom. The Balaban J connectivity index is 0. The van der Waals surface area contributed by atoms with Crippen LogP contribution in [0.5, 0.6) is 0 Å². The van der Waals surface area contributed by atoms with Crippen LogP contribution in [-0.4, -0.2) is 16.7 Å². The zero-order valence-electron chi connectivity index (χ0n) is 3.17. The van der Waals surface area contributed by atoms with Gasteiger partial charge in [-0.3, -0.25) is 4.21 Å². The monoisotopic (exact) mass is 180 g/mol. The molecule has 0 spiro atoms. The van der Waals surface area contributed by atoms with E-state index in [0.29, 0.717) is 0 Å². The van der Waals surface area contributed by atoms with Gasteiger partial charge in [-0.25, -0.2) is 0 Å². The van der Waals surface area contributed by atoms with E-state index in [2.05, 4.69) is 0 Å². The molecule has 1 radical (unpaired) electrons. The van der Waals surface area contributed by atoms with Crippen molar-refractivity contribution in [1.82, 2.24) is 0 Å². The minimum atomic E-state index is -0.611. The molecule has 1 nitrogen and oxygen atoms in total. The predicted octanol–water partition coefficient (Wildman–Crippen LogP) is -0.00780. The van der Waals surface area contributed by atoms with E-state index < -0.39 is 10.8 Å². The summed E-state index contributed by atoms with van der Waals surface area (Å²) in [6, 6.07) is 0. The van der Waals surface area contributed by atoms with Gasteiger partial charge in [-0.2, -0.15) is 0 Å². The van der Waals surface area contributed by atoms with Crippen LogP contribution in [0.2, 0.25) is 0 Å². The Labute approximate surface area is 47.4 Å². The molecule has 0 aromatic rings. The largest absolute Gasteiger partial charge is 3.00 e. The van der Waals surface area contributed by atoms with Crippen LogP contribution in [0, 0.1) is 0 Å². The van der Waals surface area contributed by atoms with Crippen molar-refractivity contribution in [3.8, 4) is 0 Å². The first-order valence-electron chi connectivity index (χ1n) is 0.983. The topological polar surface area (TPSA) is 17.1 Å². The van der Waals surface area contributed by atoms with Crippen molar-refractivity contribution in [1.29, 1.82) is 0 Å². The van der Waals surface area contributed by atoms with Crippen molar-refractivity contribution in [3.63, 3.8) is 0 Å². The van der Waals surface area contributed by atoms with Gasteiger partial charge in [0.05, 0.1) is 0 Å². The molecule has 0 heterocycles. The smallest absolute Gasteiger partial charge is 0.260 e. The van der Waals surface area contributed by atoms with E-state index in [1.54, 1.807) is 12.5 Å². The summed E-state index contributed by atoms with van der Waals surface area (Å²) < 4.78 is 9.56. The van der Waals surface area contributed by atoms with Crippen molar-refractivity contribution in [3.05, 3.63) is 0 Å². The van der Waals surface area contributed by atoms with Gasteiger partial charge < -0.3 is 0 Å². The molecule has 0 fully saturated rings. The van der Waals surface area contributed by atoms with Crippen LogP contribution < -0.4 is 0 Å². The van der Waals surface area contributed by atoms with Gasteiger partial charge in [-0.1, -0.05) is 0 Å². The van der Waals surface area contributed by atoms with Crippen molar-refractivity contribution in [2.75, 3.05) is 12.5 Å². The molecule has 3 heteroatoms. The van der Waals surface area contributed by atoms with Crippen molar-refractivity contribution in [2.45, 2.75) is 0 Å². The first-order chi connectivity index (χ1) is 1.73. The molecule has 0 aliphatic carbocycles. The van der Waals surface area contributed by atoms with Crippen LogP contribution in [0.25, 0.3) is 0 Å². The normalized spacial score (nSPS) is 7.00. The number of hydrogen-bond donors (Lipinski definition) is 0. The van der Waals surface area contributed by atoms with Crippen LogP contribution >= 0.6 is 0 Å². The molecule has 0 rings (SSSR count). The molecule has 5 heavy (non-hydrogen) atoms. The Morgan fingerprint density at radius 2 is 1.40 bits per heavy atom. The Morgan fingerprint density at radius 1 is 1.40 bits per heavy atom. The summed E-state index contributed by atoms with van der Waals surface area (Å²) >= 11 is 0. The van der Waals surface area contributed by atoms with Crippen LogP contribution in [0.3, 0.4) is 0 Å². The standard InChI is InChI=1S/C2H6OS.Ru/c1-4(2)3;/h1-2H3;/q;+3. The second-order valence-corrected chi connectivity index (χ2v) is 2.22. The summed E-state index contributed by atoms with van der Waals surface area (Å²) in [7, 11) is -0.611. The molecule has 0 unspecified atom stereocenters. The quantitative estimate of drug-likeness (QED) is 0.478. The van der Waals surface area contributed by atoms with E-state index in [1.165, 1.54) is 0 Å². The third kappa shape index (κ3) is 61.4. The SMILES string of the molecule is CS(C)=O.[Ru+3]. The van der Waals surface area contributed by atoms with E-state index in [9.17, 15) is 4.21 Å². The van der Waals surface area contributed by atoms with E-state index in [0.717, 1.165) is 0 Å². The Hall–Kier alpha value is 0.773. The summed E-state index contributed by atoms with van der Waals surface area (Å²) in [4.78, 5) is 0. The molecular weight excluding hydrogens is 173 g/mol. The fourth-order valence-electron chi connectivity index (χ4n) is 0. The second-order valence-electron chi connectivity index (χ2n) is 0.742. The molecule has 0 aromatic heterocycles. The summed E-state index contributed by atoms with van der Waals surface area (Å²) in [5, 5.41) is 0. The minimum Gasteiger partial charge on any atom is -0.260 e. The molecule has 0 saturated carbocycles. The van der Waals surface area contributed by atoms with Gasteiger partial charge >= 0.3 is 19.5 Å². The van der Waals surface area contributed by atoms with Crippen LogP contribution in [0.15, 0.2) is 0 Å². The van der Waals surface area contributed by atoms with Crippen molar-refractivity contribution in [2.24, 2.45) is 0 Å². The summed E-state index contributed by atoms with van der Waals surface area (Å²) in [5.74, 6) is 0. The summed E-state index contributed by atoms with van der Waals surface area (Å²) in [6.45, 7) is 0. The number of rotatable bonds is 0. The first kappa shape index (κ1) is 9.24. The third-order valence-electron chi connectivity index (χ3n) is 0. The fourth-order valence-corrected chi connectivity index (χ4v) is 0. The van der Waals surface area contributed by atoms with Crippen LogP contribution in [0.4, 0.5) is 0 Å². The molecule has 0 aliphatic heterocycles. The maximum atomic E-state index is 9.56. The molecule has 0 aliphatic rings. The Bertz CT molecular complexity index is 32.6. The summed E-state index contributed by atoms with van der Waals surface area (Å²) in [5.41, 5.74) is 0. The molecule has 0 bridgehead atoms. The zero-order chi connectivity index (χ0) is 3.58. The molecule has 0 atom stereocenters. The van der Waals surface area contributed by atoms with E-state index in [4.69, 9.17) is 0 Å².